The zero-order valence-corrected chi connectivity index (χ0v) is 18.5. The summed E-state index contributed by atoms with van der Waals surface area (Å²) in [6, 6.07) is 20.6. The van der Waals surface area contributed by atoms with Crippen LogP contribution in [0.25, 0.3) is 11.5 Å². The molecule has 0 atom stereocenters. The van der Waals surface area contributed by atoms with E-state index in [0.29, 0.717) is 41.7 Å². The first kappa shape index (κ1) is 20.9. The lowest BCUT2D eigenvalue weighted by atomic mass is 10.2. The Kier molecular flexibility index (Phi) is 5.39. The van der Waals surface area contributed by atoms with E-state index in [1.54, 1.807) is 49.6 Å². The van der Waals surface area contributed by atoms with Crippen molar-refractivity contribution in [3.05, 3.63) is 72.8 Å². The van der Waals surface area contributed by atoms with E-state index in [9.17, 15) is 8.42 Å². The summed E-state index contributed by atoms with van der Waals surface area (Å²) in [5.41, 5.74) is 1.23. The number of hydrogen-bond acceptors (Lipinski definition) is 8. The lowest BCUT2D eigenvalue weighted by Crippen LogP contribution is -2.16. The van der Waals surface area contributed by atoms with Gasteiger partial charge in [0, 0.05) is 17.3 Å². The molecule has 3 aromatic carbocycles. The highest BCUT2D eigenvalue weighted by molar-refractivity contribution is 7.91. The van der Waals surface area contributed by atoms with Gasteiger partial charge in [-0.25, -0.2) is 8.42 Å². The van der Waals surface area contributed by atoms with Gasteiger partial charge >= 0.3 is 0 Å². The van der Waals surface area contributed by atoms with Crippen molar-refractivity contribution in [1.82, 2.24) is 4.98 Å². The van der Waals surface area contributed by atoms with Crippen molar-refractivity contribution in [2.24, 2.45) is 0 Å². The van der Waals surface area contributed by atoms with E-state index in [4.69, 9.17) is 18.6 Å². The minimum Gasteiger partial charge on any atom is -0.497 e. The number of anilines is 2. The number of methoxy groups -OCH3 is 1. The van der Waals surface area contributed by atoms with Crippen LogP contribution in [0.2, 0.25) is 0 Å². The van der Waals surface area contributed by atoms with Crippen LogP contribution in [0.4, 0.5) is 11.6 Å². The molecule has 0 unspecified atom stereocenters. The molecule has 4 aromatic rings. The zero-order valence-electron chi connectivity index (χ0n) is 17.6. The van der Waals surface area contributed by atoms with Crippen LogP contribution in [-0.2, 0) is 9.84 Å². The second-order valence-electron chi connectivity index (χ2n) is 7.19. The van der Waals surface area contributed by atoms with Gasteiger partial charge in [0.15, 0.2) is 11.5 Å². The van der Waals surface area contributed by atoms with Gasteiger partial charge in [-0.15, -0.1) is 0 Å². The van der Waals surface area contributed by atoms with Gasteiger partial charge in [0.2, 0.25) is 26.6 Å². The number of rotatable bonds is 6. The number of sulfone groups is 1. The van der Waals surface area contributed by atoms with Gasteiger partial charge in [-0.2, -0.15) is 4.98 Å². The van der Waals surface area contributed by atoms with E-state index in [2.05, 4.69) is 10.3 Å². The van der Waals surface area contributed by atoms with Gasteiger partial charge < -0.3 is 23.9 Å². The molecular weight excluding hydrogens is 444 g/mol. The van der Waals surface area contributed by atoms with E-state index in [1.165, 1.54) is 12.1 Å². The third-order valence-electron chi connectivity index (χ3n) is 5.02. The smallest absolute Gasteiger partial charge is 0.238 e. The number of nitrogens with zero attached hydrogens (tertiary/aromatic N) is 1. The van der Waals surface area contributed by atoms with Crippen LogP contribution in [0.15, 0.2) is 87.1 Å². The van der Waals surface area contributed by atoms with Crippen LogP contribution < -0.4 is 19.5 Å². The van der Waals surface area contributed by atoms with Crippen molar-refractivity contribution in [2.45, 2.75) is 9.92 Å². The second-order valence-corrected chi connectivity index (χ2v) is 9.05. The fourth-order valence-electron chi connectivity index (χ4n) is 3.40. The summed E-state index contributed by atoms with van der Waals surface area (Å²) in [6.07, 6.45) is 0. The van der Waals surface area contributed by atoms with E-state index in [-0.39, 0.29) is 21.7 Å². The predicted molar refractivity (Wildman–Crippen MR) is 121 cm³/mol. The molecule has 33 heavy (non-hydrogen) atoms. The van der Waals surface area contributed by atoms with E-state index in [0.717, 1.165) is 0 Å². The summed E-state index contributed by atoms with van der Waals surface area (Å²) >= 11 is 0. The third kappa shape index (κ3) is 4.10. The standard InChI is InChI=1S/C24H20N2O6S/c1-29-18-9-5-6-16(14-18)22-26-24(23(32-22)25-17-7-3-2-4-8-17)33(27,28)19-10-11-20-21(15-19)31-13-12-30-20/h2-11,14-15,25H,12-13H2,1H3. The number of para-hydroxylation sites is 1. The number of benzene rings is 3. The quantitative estimate of drug-likeness (QED) is 0.438. The van der Waals surface area contributed by atoms with Crippen LogP contribution in [0.5, 0.6) is 17.2 Å². The average Bonchev–Trinajstić information content (AvgIpc) is 3.29. The molecule has 0 fully saturated rings. The van der Waals surface area contributed by atoms with Crippen molar-refractivity contribution in [1.29, 1.82) is 0 Å². The molecule has 1 aliphatic rings. The van der Waals surface area contributed by atoms with Crippen LogP contribution >= 0.6 is 0 Å². The summed E-state index contributed by atoms with van der Waals surface area (Å²) < 4.78 is 49.5. The lowest BCUT2D eigenvalue weighted by Gasteiger charge is -2.18. The molecule has 5 rings (SSSR count). The average molecular weight is 464 g/mol. The van der Waals surface area contributed by atoms with E-state index >= 15 is 0 Å². The monoisotopic (exact) mass is 464 g/mol. The Morgan fingerprint density at radius 2 is 1.70 bits per heavy atom. The third-order valence-corrected chi connectivity index (χ3v) is 6.68. The van der Waals surface area contributed by atoms with Gasteiger partial charge in [0.05, 0.1) is 12.0 Å². The Bertz CT molecular complexity index is 1400. The van der Waals surface area contributed by atoms with Gasteiger partial charge in [0.25, 0.3) is 0 Å². The highest BCUT2D eigenvalue weighted by Gasteiger charge is 2.30. The first-order valence-electron chi connectivity index (χ1n) is 10.2. The number of nitrogens with one attached hydrogen (secondary N) is 1. The zero-order chi connectivity index (χ0) is 22.8. The molecule has 168 valence electrons. The van der Waals surface area contributed by atoms with Crippen molar-refractivity contribution < 1.29 is 27.0 Å². The maximum Gasteiger partial charge on any atom is 0.238 e. The molecular formula is C24H20N2O6S. The fourth-order valence-corrected chi connectivity index (χ4v) is 4.67. The highest BCUT2D eigenvalue weighted by atomic mass is 32.2. The molecule has 0 amide bonds. The summed E-state index contributed by atoms with van der Waals surface area (Å²) in [7, 11) is -2.51. The molecule has 0 bridgehead atoms. The molecule has 1 N–H and O–H groups in total. The summed E-state index contributed by atoms with van der Waals surface area (Å²) in [5.74, 6) is 1.62. The normalized spacial score (nSPS) is 12.9. The first-order chi connectivity index (χ1) is 16.0. The summed E-state index contributed by atoms with van der Waals surface area (Å²) in [4.78, 5) is 4.39. The minimum absolute atomic E-state index is 0.00825. The first-order valence-corrected chi connectivity index (χ1v) is 11.6. The lowest BCUT2D eigenvalue weighted by molar-refractivity contribution is 0.171. The molecule has 0 spiro atoms. The molecule has 0 saturated carbocycles. The number of hydrogen-bond donors (Lipinski definition) is 1. The number of fused-ring (bicyclic) bond motifs is 1. The Hall–Kier alpha value is -3.98. The summed E-state index contributed by atoms with van der Waals surface area (Å²) in [5, 5.41) is 2.80. The van der Waals surface area contributed by atoms with Crippen molar-refractivity contribution in [2.75, 3.05) is 25.6 Å². The molecule has 2 heterocycles. The van der Waals surface area contributed by atoms with E-state index < -0.39 is 9.84 Å². The van der Waals surface area contributed by atoms with Crippen LogP contribution in [0, 0.1) is 0 Å². The minimum atomic E-state index is -4.06. The Morgan fingerprint density at radius 3 is 2.48 bits per heavy atom. The fraction of sp³-hybridized carbons (Fsp3) is 0.125. The van der Waals surface area contributed by atoms with Gasteiger partial charge in [-0.3, -0.25) is 0 Å². The Balaban J connectivity index is 1.62. The molecule has 9 heteroatoms. The topological polar surface area (TPSA) is 99.9 Å². The summed E-state index contributed by atoms with van der Waals surface area (Å²) in [6.45, 7) is 0.763. The number of oxazole rings is 1. The van der Waals surface area contributed by atoms with Gasteiger partial charge in [-0.1, -0.05) is 24.3 Å². The molecule has 0 saturated heterocycles. The maximum absolute atomic E-state index is 13.6. The Labute approximate surface area is 190 Å². The molecule has 0 radical (unpaired) electrons. The second kappa shape index (κ2) is 8.51. The molecule has 1 aromatic heterocycles. The SMILES string of the molecule is COc1cccc(-c2nc(S(=O)(=O)c3ccc4c(c3)OCCO4)c(Nc3ccccc3)o2)c1. The van der Waals surface area contributed by atoms with Crippen molar-refractivity contribution in [3.8, 4) is 28.7 Å². The Morgan fingerprint density at radius 1 is 0.909 bits per heavy atom. The predicted octanol–water partition coefficient (Wildman–Crippen LogP) is 4.70. The van der Waals surface area contributed by atoms with Gasteiger partial charge in [0.1, 0.15) is 19.0 Å². The maximum atomic E-state index is 13.6. The van der Waals surface area contributed by atoms with Crippen LogP contribution in [-0.4, -0.2) is 33.7 Å². The molecule has 8 nitrogen and oxygen atoms in total. The highest BCUT2D eigenvalue weighted by Crippen LogP contribution is 2.38. The number of aromatic nitrogens is 1. The van der Waals surface area contributed by atoms with Crippen molar-refractivity contribution in [3.63, 3.8) is 0 Å². The number of ether oxygens (including phenoxy) is 3. The largest absolute Gasteiger partial charge is 0.497 e. The van der Waals surface area contributed by atoms with Gasteiger partial charge in [-0.05, 0) is 42.5 Å². The van der Waals surface area contributed by atoms with Crippen molar-refractivity contribution >= 4 is 21.4 Å². The van der Waals surface area contributed by atoms with Crippen LogP contribution in [0.1, 0.15) is 0 Å². The molecule has 1 aliphatic heterocycles. The van der Waals surface area contributed by atoms with Crippen LogP contribution in [0.3, 0.4) is 0 Å². The molecule has 0 aliphatic carbocycles. The van der Waals surface area contributed by atoms with E-state index in [1.807, 2.05) is 18.2 Å².